The van der Waals surface area contributed by atoms with Gasteiger partial charge in [-0.15, -0.1) is 0 Å². The molecule has 3 rings (SSSR count). The summed E-state index contributed by atoms with van der Waals surface area (Å²) < 4.78 is 5.32. The van der Waals surface area contributed by atoms with Gasteiger partial charge in [0.1, 0.15) is 11.9 Å². The van der Waals surface area contributed by atoms with Gasteiger partial charge in [-0.25, -0.2) is 0 Å². The average Bonchev–Trinajstić information content (AvgIpc) is 2.85. The monoisotopic (exact) mass is 186 g/mol. The molecule has 0 saturated heterocycles. The highest BCUT2D eigenvalue weighted by atomic mass is 16.3. The summed E-state index contributed by atoms with van der Waals surface area (Å²) in [5.74, 6) is 0.657. The Morgan fingerprint density at radius 3 is 3.07 bits per heavy atom. The van der Waals surface area contributed by atoms with Crippen LogP contribution in [0.3, 0.4) is 0 Å². The maximum Gasteiger partial charge on any atom is 0.134 e. The minimum Gasteiger partial charge on any atom is -0.464 e. The summed E-state index contributed by atoms with van der Waals surface area (Å²) in [7, 11) is 0. The van der Waals surface area contributed by atoms with Crippen LogP contribution in [-0.4, -0.2) is 6.29 Å². The molecule has 1 fully saturated rings. The van der Waals surface area contributed by atoms with Crippen LogP contribution in [0, 0.1) is 5.92 Å². The first-order valence-corrected chi connectivity index (χ1v) is 4.81. The molecule has 0 aliphatic heterocycles. The molecule has 2 nitrogen and oxygen atoms in total. The molecule has 0 amide bonds. The van der Waals surface area contributed by atoms with Crippen LogP contribution < -0.4 is 0 Å². The number of benzene rings is 1. The summed E-state index contributed by atoms with van der Waals surface area (Å²) in [4.78, 5) is 10.6. The van der Waals surface area contributed by atoms with E-state index in [1.54, 1.807) is 6.26 Å². The van der Waals surface area contributed by atoms with Crippen LogP contribution in [0.1, 0.15) is 17.9 Å². The number of furan rings is 1. The van der Waals surface area contributed by atoms with Crippen molar-refractivity contribution in [3.8, 4) is 0 Å². The molecule has 1 aromatic carbocycles. The van der Waals surface area contributed by atoms with E-state index in [0.29, 0.717) is 5.92 Å². The zero-order chi connectivity index (χ0) is 9.54. The lowest BCUT2D eigenvalue weighted by Gasteiger charge is -1.98. The molecule has 0 N–H and O–H groups in total. The minimum absolute atomic E-state index is 0.232. The summed E-state index contributed by atoms with van der Waals surface area (Å²) in [5, 5.41) is 1.15. The number of carbonyl (C=O) groups is 1. The lowest BCUT2D eigenvalue weighted by atomic mass is 10.1. The van der Waals surface area contributed by atoms with Gasteiger partial charge >= 0.3 is 0 Å². The third kappa shape index (κ3) is 1.00. The SMILES string of the molecule is O=C[C@@H]1C[C@H]1c1cccc2occc12. The van der Waals surface area contributed by atoms with Gasteiger partial charge in [-0.1, -0.05) is 12.1 Å². The predicted molar refractivity (Wildman–Crippen MR) is 53.1 cm³/mol. The van der Waals surface area contributed by atoms with Gasteiger partial charge in [0.25, 0.3) is 0 Å². The number of rotatable bonds is 2. The normalized spacial score (nSPS) is 25.1. The zero-order valence-electron chi connectivity index (χ0n) is 7.64. The largest absolute Gasteiger partial charge is 0.464 e. The molecule has 0 bridgehead atoms. The number of carbonyl (C=O) groups excluding carboxylic acids is 1. The Morgan fingerprint density at radius 2 is 2.29 bits per heavy atom. The first kappa shape index (κ1) is 7.80. The summed E-state index contributed by atoms with van der Waals surface area (Å²) in [6.07, 6.45) is 3.75. The standard InChI is InChI=1S/C12H10O2/c13-7-8-6-11(8)9-2-1-3-12-10(9)4-5-14-12/h1-5,7-8,11H,6H2/t8-,11+/m0/s1. The van der Waals surface area contributed by atoms with Crippen molar-refractivity contribution in [2.45, 2.75) is 12.3 Å². The Hall–Kier alpha value is -1.57. The third-order valence-electron chi connectivity index (χ3n) is 2.94. The highest BCUT2D eigenvalue weighted by Gasteiger charge is 2.38. The molecule has 14 heavy (non-hydrogen) atoms. The van der Waals surface area contributed by atoms with Crippen molar-refractivity contribution in [1.29, 1.82) is 0 Å². The summed E-state index contributed by atoms with van der Waals surface area (Å²) in [5.41, 5.74) is 2.17. The molecule has 0 unspecified atom stereocenters. The Morgan fingerprint density at radius 1 is 1.36 bits per heavy atom. The maximum atomic E-state index is 10.6. The van der Waals surface area contributed by atoms with Crippen molar-refractivity contribution < 1.29 is 9.21 Å². The molecule has 2 atom stereocenters. The van der Waals surface area contributed by atoms with Crippen molar-refractivity contribution in [2.24, 2.45) is 5.92 Å². The highest BCUT2D eigenvalue weighted by Crippen LogP contribution is 2.48. The topological polar surface area (TPSA) is 30.2 Å². The molecule has 1 saturated carbocycles. The van der Waals surface area contributed by atoms with Gasteiger partial charge < -0.3 is 9.21 Å². The first-order valence-electron chi connectivity index (χ1n) is 4.81. The number of hydrogen-bond acceptors (Lipinski definition) is 2. The first-order chi connectivity index (χ1) is 6.90. The van der Waals surface area contributed by atoms with Crippen LogP contribution in [0.4, 0.5) is 0 Å². The van der Waals surface area contributed by atoms with Gasteiger partial charge in [0, 0.05) is 11.3 Å². The van der Waals surface area contributed by atoms with Crippen LogP contribution in [0.25, 0.3) is 11.0 Å². The van der Waals surface area contributed by atoms with E-state index in [9.17, 15) is 4.79 Å². The van der Waals surface area contributed by atoms with Crippen molar-refractivity contribution >= 4 is 17.3 Å². The molecule has 1 aliphatic carbocycles. The fourth-order valence-electron chi connectivity index (χ4n) is 2.06. The molecule has 2 heteroatoms. The molecular weight excluding hydrogens is 176 g/mol. The number of fused-ring (bicyclic) bond motifs is 1. The van der Waals surface area contributed by atoms with Crippen LogP contribution in [0.15, 0.2) is 34.9 Å². The number of aldehydes is 1. The van der Waals surface area contributed by atoms with Crippen LogP contribution in [0.2, 0.25) is 0 Å². The lowest BCUT2D eigenvalue weighted by Crippen LogP contribution is -1.84. The molecule has 1 aliphatic rings. The Balaban J connectivity index is 2.12. The number of hydrogen-bond donors (Lipinski definition) is 0. The van der Waals surface area contributed by atoms with Gasteiger partial charge in [-0.3, -0.25) is 0 Å². The van der Waals surface area contributed by atoms with Crippen LogP contribution >= 0.6 is 0 Å². The third-order valence-corrected chi connectivity index (χ3v) is 2.94. The van der Waals surface area contributed by atoms with E-state index >= 15 is 0 Å². The zero-order valence-corrected chi connectivity index (χ0v) is 7.64. The van der Waals surface area contributed by atoms with E-state index in [0.717, 1.165) is 23.7 Å². The average molecular weight is 186 g/mol. The van der Waals surface area contributed by atoms with Gasteiger partial charge in [0.05, 0.1) is 6.26 Å². The van der Waals surface area contributed by atoms with E-state index in [4.69, 9.17) is 4.42 Å². The van der Waals surface area contributed by atoms with E-state index in [2.05, 4.69) is 6.07 Å². The Labute approximate surface area is 81.5 Å². The molecule has 2 aromatic rings. The Bertz CT molecular complexity index is 484. The van der Waals surface area contributed by atoms with E-state index < -0.39 is 0 Å². The van der Waals surface area contributed by atoms with Gasteiger partial charge in [-0.05, 0) is 30.0 Å². The summed E-state index contributed by atoms with van der Waals surface area (Å²) in [6, 6.07) is 8.01. The fourth-order valence-corrected chi connectivity index (χ4v) is 2.06. The smallest absolute Gasteiger partial charge is 0.134 e. The quantitative estimate of drug-likeness (QED) is 0.675. The molecule has 0 radical (unpaired) electrons. The molecule has 1 aromatic heterocycles. The Kier molecular flexibility index (Phi) is 1.51. The predicted octanol–water partition coefficient (Wildman–Crippen LogP) is 2.74. The second-order valence-electron chi connectivity index (χ2n) is 3.82. The summed E-state index contributed by atoms with van der Waals surface area (Å²) in [6.45, 7) is 0. The minimum atomic E-state index is 0.232. The van der Waals surface area contributed by atoms with Gasteiger partial charge in [0.2, 0.25) is 0 Å². The van der Waals surface area contributed by atoms with Gasteiger partial charge in [0.15, 0.2) is 0 Å². The second-order valence-corrected chi connectivity index (χ2v) is 3.82. The van der Waals surface area contributed by atoms with Crippen molar-refractivity contribution in [2.75, 3.05) is 0 Å². The molecule has 1 heterocycles. The lowest BCUT2D eigenvalue weighted by molar-refractivity contribution is -0.108. The van der Waals surface area contributed by atoms with Crippen molar-refractivity contribution in [1.82, 2.24) is 0 Å². The summed E-state index contributed by atoms with van der Waals surface area (Å²) >= 11 is 0. The molecule has 0 spiro atoms. The second kappa shape index (κ2) is 2.71. The molecular formula is C12H10O2. The van der Waals surface area contributed by atoms with Crippen LogP contribution in [0.5, 0.6) is 0 Å². The maximum absolute atomic E-state index is 10.6. The highest BCUT2D eigenvalue weighted by molar-refractivity contribution is 5.83. The molecule has 70 valence electrons. The van der Waals surface area contributed by atoms with E-state index in [1.165, 1.54) is 5.56 Å². The van der Waals surface area contributed by atoms with Crippen molar-refractivity contribution in [3.63, 3.8) is 0 Å². The van der Waals surface area contributed by atoms with Crippen LogP contribution in [-0.2, 0) is 4.79 Å². The van der Waals surface area contributed by atoms with E-state index in [-0.39, 0.29) is 5.92 Å². The fraction of sp³-hybridized carbons (Fsp3) is 0.250. The van der Waals surface area contributed by atoms with E-state index in [1.807, 2.05) is 18.2 Å². The van der Waals surface area contributed by atoms with Crippen molar-refractivity contribution in [3.05, 3.63) is 36.1 Å². The van der Waals surface area contributed by atoms with Gasteiger partial charge in [-0.2, -0.15) is 0 Å².